The van der Waals surface area contributed by atoms with Crippen molar-refractivity contribution < 1.29 is 5.11 Å². The van der Waals surface area contributed by atoms with Crippen LogP contribution in [0.4, 0.5) is 0 Å². The van der Waals surface area contributed by atoms with Crippen molar-refractivity contribution in [3.05, 3.63) is 36.0 Å². The molecule has 2 aromatic rings. The van der Waals surface area contributed by atoms with Gasteiger partial charge in [-0.25, -0.2) is 0 Å². The van der Waals surface area contributed by atoms with Crippen LogP contribution in [0.25, 0.3) is 10.9 Å². The zero-order valence-corrected chi connectivity index (χ0v) is 11.5. The van der Waals surface area contributed by atoms with Crippen LogP contribution in [0.1, 0.15) is 31.7 Å². The smallest absolute Gasteiger partial charge is 0.0529 e. The summed E-state index contributed by atoms with van der Waals surface area (Å²) in [4.78, 5) is 0. The zero-order chi connectivity index (χ0) is 13.2. The summed E-state index contributed by atoms with van der Waals surface area (Å²) in [5.41, 5.74) is 2.68. The van der Waals surface area contributed by atoms with Gasteiger partial charge in [-0.05, 0) is 43.2 Å². The SMILES string of the molecule is CC(O)CCn1ccc2cccc(CNC3CC3)c21. The van der Waals surface area contributed by atoms with Crippen LogP contribution in [0.15, 0.2) is 30.5 Å². The molecule has 0 amide bonds. The highest BCUT2D eigenvalue weighted by Gasteiger charge is 2.20. The van der Waals surface area contributed by atoms with Gasteiger partial charge in [-0.1, -0.05) is 18.2 Å². The standard InChI is InChI=1S/C16H22N2O/c1-12(19)7-9-18-10-8-13-3-2-4-14(16(13)18)11-17-15-5-6-15/h2-4,8,10,12,15,17,19H,5-7,9,11H2,1H3. The van der Waals surface area contributed by atoms with Gasteiger partial charge in [-0.3, -0.25) is 0 Å². The minimum absolute atomic E-state index is 0.241. The molecule has 1 saturated carbocycles. The van der Waals surface area contributed by atoms with E-state index in [-0.39, 0.29) is 6.10 Å². The molecule has 1 aromatic heterocycles. The molecule has 2 N–H and O–H groups in total. The predicted molar refractivity (Wildman–Crippen MR) is 78.1 cm³/mol. The Kier molecular flexibility index (Phi) is 3.58. The van der Waals surface area contributed by atoms with E-state index in [1.54, 1.807) is 0 Å². The Morgan fingerprint density at radius 2 is 2.21 bits per heavy atom. The Labute approximate surface area is 114 Å². The number of aromatic nitrogens is 1. The van der Waals surface area contributed by atoms with Gasteiger partial charge in [0, 0.05) is 25.3 Å². The van der Waals surface area contributed by atoms with Gasteiger partial charge >= 0.3 is 0 Å². The van der Waals surface area contributed by atoms with Crippen LogP contribution in [0.2, 0.25) is 0 Å². The molecule has 1 aromatic carbocycles. The van der Waals surface area contributed by atoms with E-state index < -0.39 is 0 Å². The second kappa shape index (κ2) is 5.35. The van der Waals surface area contributed by atoms with Crippen LogP contribution < -0.4 is 5.32 Å². The third kappa shape index (κ3) is 2.99. The molecule has 3 nitrogen and oxygen atoms in total. The highest BCUT2D eigenvalue weighted by molar-refractivity contribution is 5.83. The van der Waals surface area contributed by atoms with Crippen LogP contribution in [0, 0.1) is 0 Å². The Morgan fingerprint density at radius 3 is 2.95 bits per heavy atom. The number of hydrogen-bond donors (Lipinski definition) is 2. The number of aliphatic hydroxyl groups is 1. The molecular formula is C16H22N2O. The molecule has 1 atom stereocenters. The van der Waals surface area contributed by atoms with E-state index in [2.05, 4.69) is 40.3 Å². The van der Waals surface area contributed by atoms with Crippen molar-refractivity contribution in [3.63, 3.8) is 0 Å². The van der Waals surface area contributed by atoms with Gasteiger partial charge in [0.05, 0.1) is 11.6 Å². The Hall–Kier alpha value is -1.32. The average Bonchev–Trinajstić information content (AvgIpc) is 3.13. The van der Waals surface area contributed by atoms with Crippen LogP contribution in [0.3, 0.4) is 0 Å². The molecule has 1 aliphatic carbocycles. The zero-order valence-electron chi connectivity index (χ0n) is 11.5. The summed E-state index contributed by atoms with van der Waals surface area (Å²) in [6.07, 6.45) is 5.33. The van der Waals surface area contributed by atoms with Crippen LogP contribution in [0.5, 0.6) is 0 Å². The number of nitrogens with one attached hydrogen (secondary N) is 1. The molecule has 0 bridgehead atoms. The lowest BCUT2D eigenvalue weighted by atomic mass is 10.1. The molecule has 1 heterocycles. The van der Waals surface area contributed by atoms with Gasteiger partial charge in [0.2, 0.25) is 0 Å². The number of fused-ring (bicyclic) bond motifs is 1. The van der Waals surface area contributed by atoms with Gasteiger partial charge in [0.25, 0.3) is 0 Å². The van der Waals surface area contributed by atoms with E-state index in [9.17, 15) is 5.11 Å². The molecule has 0 aliphatic heterocycles. The lowest BCUT2D eigenvalue weighted by molar-refractivity contribution is 0.178. The molecule has 0 spiro atoms. The summed E-state index contributed by atoms with van der Waals surface area (Å²) in [6, 6.07) is 9.39. The first-order valence-electron chi connectivity index (χ1n) is 7.22. The Balaban J connectivity index is 1.84. The van der Waals surface area contributed by atoms with Crippen LogP contribution in [-0.2, 0) is 13.1 Å². The molecule has 19 heavy (non-hydrogen) atoms. The fourth-order valence-corrected chi connectivity index (χ4v) is 2.54. The van der Waals surface area contributed by atoms with Gasteiger partial charge < -0.3 is 15.0 Å². The number of para-hydroxylation sites is 1. The third-order valence-electron chi connectivity index (χ3n) is 3.82. The first-order valence-corrected chi connectivity index (χ1v) is 7.22. The van der Waals surface area contributed by atoms with Crippen molar-refractivity contribution in [3.8, 4) is 0 Å². The van der Waals surface area contributed by atoms with Crippen molar-refractivity contribution in [2.75, 3.05) is 0 Å². The third-order valence-corrected chi connectivity index (χ3v) is 3.82. The summed E-state index contributed by atoms with van der Waals surface area (Å²) < 4.78 is 2.27. The van der Waals surface area contributed by atoms with E-state index in [1.807, 2.05) is 6.92 Å². The lowest BCUT2D eigenvalue weighted by Crippen LogP contribution is -2.16. The Bertz CT molecular complexity index is 555. The van der Waals surface area contributed by atoms with E-state index in [0.29, 0.717) is 0 Å². The minimum Gasteiger partial charge on any atom is -0.393 e. The van der Waals surface area contributed by atoms with E-state index in [1.165, 1.54) is 29.3 Å². The first-order chi connectivity index (χ1) is 9.24. The molecule has 0 radical (unpaired) electrons. The molecule has 102 valence electrons. The summed E-state index contributed by atoms with van der Waals surface area (Å²) in [6.45, 7) is 3.67. The second-order valence-electron chi connectivity index (χ2n) is 5.66. The number of benzene rings is 1. The quantitative estimate of drug-likeness (QED) is 0.836. The van der Waals surface area contributed by atoms with Crippen molar-refractivity contribution in [1.29, 1.82) is 0 Å². The molecule has 0 saturated heterocycles. The molecule has 1 unspecified atom stereocenters. The summed E-state index contributed by atoms with van der Waals surface area (Å²) >= 11 is 0. The number of hydrogen-bond acceptors (Lipinski definition) is 2. The fraction of sp³-hybridized carbons (Fsp3) is 0.500. The highest BCUT2D eigenvalue weighted by Crippen LogP contribution is 2.23. The molecule has 3 heteroatoms. The van der Waals surface area contributed by atoms with E-state index in [0.717, 1.165) is 25.6 Å². The molecule has 3 rings (SSSR count). The summed E-state index contributed by atoms with van der Waals surface area (Å²) in [5, 5.41) is 14.3. The van der Waals surface area contributed by atoms with Crippen molar-refractivity contribution in [2.45, 2.75) is 51.4 Å². The van der Waals surface area contributed by atoms with E-state index in [4.69, 9.17) is 0 Å². The number of rotatable bonds is 6. The van der Waals surface area contributed by atoms with Crippen LogP contribution >= 0.6 is 0 Å². The maximum atomic E-state index is 9.45. The van der Waals surface area contributed by atoms with Crippen LogP contribution in [-0.4, -0.2) is 21.8 Å². The van der Waals surface area contributed by atoms with Crippen molar-refractivity contribution in [1.82, 2.24) is 9.88 Å². The second-order valence-corrected chi connectivity index (χ2v) is 5.66. The van der Waals surface area contributed by atoms with E-state index >= 15 is 0 Å². The summed E-state index contributed by atoms with van der Waals surface area (Å²) in [7, 11) is 0. The number of aryl methyl sites for hydroxylation is 1. The topological polar surface area (TPSA) is 37.2 Å². The van der Waals surface area contributed by atoms with Gasteiger partial charge in [-0.15, -0.1) is 0 Å². The normalized spacial score (nSPS) is 16.9. The molecule has 1 fully saturated rings. The monoisotopic (exact) mass is 258 g/mol. The lowest BCUT2D eigenvalue weighted by Gasteiger charge is -2.11. The fourth-order valence-electron chi connectivity index (χ4n) is 2.54. The Morgan fingerprint density at radius 1 is 1.37 bits per heavy atom. The maximum Gasteiger partial charge on any atom is 0.0529 e. The summed E-state index contributed by atoms with van der Waals surface area (Å²) in [5.74, 6) is 0. The van der Waals surface area contributed by atoms with Crippen molar-refractivity contribution in [2.24, 2.45) is 0 Å². The average molecular weight is 258 g/mol. The molecular weight excluding hydrogens is 236 g/mol. The predicted octanol–water partition coefficient (Wildman–Crippen LogP) is 2.66. The van der Waals surface area contributed by atoms with Gasteiger partial charge in [-0.2, -0.15) is 0 Å². The first kappa shape index (κ1) is 12.7. The highest BCUT2D eigenvalue weighted by atomic mass is 16.3. The maximum absolute atomic E-state index is 9.45. The number of aliphatic hydroxyl groups excluding tert-OH is 1. The van der Waals surface area contributed by atoms with Crippen molar-refractivity contribution >= 4 is 10.9 Å². The number of nitrogens with zero attached hydrogens (tertiary/aromatic N) is 1. The van der Waals surface area contributed by atoms with Gasteiger partial charge in [0.15, 0.2) is 0 Å². The minimum atomic E-state index is -0.241. The largest absolute Gasteiger partial charge is 0.393 e. The van der Waals surface area contributed by atoms with Gasteiger partial charge in [0.1, 0.15) is 0 Å². The molecule has 1 aliphatic rings.